The Hall–Kier alpha value is -0.930. The third kappa shape index (κ3) is 10.7. The van der Waals surface area contributed by atoms with Crippen molar-refractivity contribution in [2.75, 3.05) is 13.2 Å². The molecular weight excluding hydrogens is 272 g/mol. The Morgan fingerprint density at radius 3 is 2.32 bits per heavy atom. The zero-order valence-corrected chi connectivity index (χ0v) is 15.0. The van der Waals surface area contributed by atoms with Gasteiger partial charge in [-0.05, 0) is 56.2 Å². The molecule has 1 rings (SSSR count). The van der Waals surface area contributed by atoms with Gasteiger partial charge in [-0.3, -0.25) is 4.98 Å². The summed E-state index contributed by atoms with van der Waals surface area (Å²) in [5, 5.41) is 8.56. The van der Waals surface area contributed by atoms with Gasteiger partial charge in [0.25, 0.3) is 0 Å². The molecule has 2 unspecified atom stereocenters. The lowest BCUT2D eigenvalue weighted by Gasteiger charge is -2.18. The summed E-state index contributed by atoms with van der Waals surface area (Å²) in [6.07, 6.45) is 8.86. The molecular formula is C19H36N2O. The van der Waals surface area contributed by atoms with E-state index in [0.717, 1.165) is 36.9 Å². The Balaban J connectivity index is 0.000000401. The number of aliphatic hydroxyl groups is 1. The van der Waals surface area contributed by atoms with Crippen LogP contribution in [0.1, 0.15) is 64.1 Å². The van der Waals surface area contributed by atoms with Crippen molar-refractivity contribution in [3.8, 4) is 0 Å². The van der Waals surface area contributed by atoms with E-state index in [1.165, 1.54) is 31.2 Å². The van der Waals surface area contributed by atoms with Crippen molar-refractivity contribution in [3.05, 3.63) is 29.6 Å². The fourth-order valence-electron chi connectivity index (χ4n) is 2.29. The van der Waals surface area contributed by atoms with Crippen LogP contribution in [0.15, 0.2) is 18.3 Å². The second-order valence-electron chi connectivity index (χ2n) is 6.31. The molecule has 2 atom stereocenters. The highest BCUT2D eigenvalue weighted by atomic mass is 16.2. The predicted molar refractivity (Wildman–Crippen MR) is 95.9 cm³/mol. The van der Waals surface area contributed by atoms with E-state index in [9.17, 15) is 0 Å². The molecule has 22 heavy (non-hydrogen) atoms. The maximum absolute atomic E-state index is 8.56. The van der Waals surface area contributed by atoms with Gasteiger partial charge < -0.3 is 10.8 Å². The highest BCUT2D eigenvalue weighted by Crippen LogP contribution is 2.19. The highest BCUT2D eigenvalue weighted by Gasteiger charge is 2.09. The SMILES string of the molecule is CCCCC(C)C(C)CCN.Cc1ccc(CCCO)cn1. The van der Waals surface area contributed by atoms with Gasteiger partial charge in [0.15, 0.2) is 0 Å². The summed E-state index contributed by atoms with van der Waals surface area (Å²) >= 11 is 0. The molecule has 3 N–H and O–H groups in total. The third-order valence-corrected chi connectivity index (χ3v) is 4.20. The number of pyridine rings is 1. The van der Waals surface area contributed by atoms with E-state index in [0.29, 0.717) is 0 Å². The standard InChI is InChI=1S/C10H23N.C9H13NO/c1-4-5-6-9(2)10(3)7-8-11;1-8-4-5-9(7-10-8)3-2-6-11/h9-10H,4-8,11H2,1-3H3;4-5,7,11H,2-3,6H2,1H3. The molecule has 3 heteroatoms. The Bertz CT molecular complexity index is 351. The maximum atomic E-state index is 8.56. The lowest BCUT2D eigenvalue weighted by atomic mass is 9.89. The molecule has 0 aliphatic carbocycles. The van der Waals surface area contributed by atoms with E-state index in [1.54, 1.807) is 0 Å². The zero-order chi connectivity index (χ0) is 16.8. The smallest absolute Gasteiger partial charge is 0.0434 e. The van der Waals surface area contributed by atoms with Crippen LogP contribution in [0, 0.1) is 18.8 Å². The van der Waals surface area contributed by atoms with Crippen molar-refractivity contribution in [1.82, 2.24) is 4.98 Å². The van der Waals surface area contributed by atoms with Crippen LogP contribution in [-0.2, 0) is 6.42 Å². The number of hydrogen-bond acceptors (Lipinski definition) is 3. The van der Waals surface area contributed by atoms with Gasteiger partial charge >= 0.3 is 0 Å². The highest BCUT2D eigenvalue weighted by molar-refractivity contribution is 5.12. The fraction of sp³-hybridized carbons (Fsp3) is 0.737. The van der Waals surface area contributed by atoms with Crippen LogP contribution in [0.2, 0.25) is 0 Å². The second kappa shape index (κ2) is 13.7. The first-order valence-electron chi connectivity index (χ1n) is 8.77. The van der Waals surface area contributed by atoms with E-state index in [4.69, 9.17) is 10.8 Å². The molecule has 1 aromatic heterocycles. The Kier molecular flexibility index (Phi) is 13.1. The third-order valence-electron chi connectivity index (χ3n) is 4.20. The first-order valence-corrected chi connectivity index (χ1v) is 8.77. The number of aromatic nitrogens is 1. The minimum atomic E-state index is 0.258. The molecule has 0 saturated heterocycles. The minimum Gasteiger partial charge on any atom is -0.396 e. The van der Waals surface area contributed by atoms with Gasteiger partial charge in [0, 0.05) is 18.5 Å². The normalized spacial score (nSPS) is 13.2. The number of aliphatic hydroxyl groups excluding tert-OH is 1. The number of unbranched alkanes of at least 4 members (excludes halogenated alkanes) is 1. The van der Waals surface area contributed by atoms with Crippen molar-refractivity contribution in [2.45, 2.75) is 66.2 Å². The summed E-state index contributed by atoms with van der Waals surface area (Å²) in [5.41, 5.74) is 7.73. The lowest BCUT2D eigenvalue weighted by molar-refractivity contribution is 0.288. The average Bonchev–Trinajstić information content (AvgIpc) is 2.53. The Morgan fingerprint density at radius 1 is 1.14 bits per heavy atom. The quantitative estimate of drug-likeness (QED) is 0.721. The van der Waals surface area contributed by atoms with Crippen molar-refractivity contribution in [1.29, 1.82) is 0 Å². The molecule has 128 valence electrons. The van der Waals surface area contributed by atoms with Crippen LogP contribution >= 0.6 is 0 Å². The second-order valence-corrected chi connectivity index (χ2v) is 6.31. The Labute approximate surface area is 137 Å². The van der Waals surface area contributed by atoms with E-state index in [1.807, 2.05) is 19.2 Å². The number of hydrogen-bond donors (Lipinski definition) is 2. The molecule has 0 saturated carbocycles. The van der Waals surface area contributed by atoms with Gasteiger partial charge in [0.05, 0.1) is 0 Å². The topological polar surface area (TPSA) is 59.1 Å². The van der Waals surface area contributed by atoms with E-state index >= 15 is 0 Å². The minimum absolute atomic E-state index is 0.258. The molecule has 0 amide bonds. The monoisotopic (exact) mass is 308 g/mol. The first-order chi connectivity index (χ1) is 10.5. The molecule has 0 radical (unpaired) electrons. The Morgan fingerprint density at radius 2 is 1.82 bits per heavy atom. The van der Waals surface area contributed by atoms with Gasteiger partial charge in [-0.15, -0.1) is 0 Å². The summed E-state index contributed by atoms with van der Waals surface area (Å²) in [4.78, 5) is 4.15. The van der Waals surface area contributed by atoms with E-state index in [2.05, 4.69) is 31.8 Å². The van der Waals surface area contributed by atoms with Crippen LogP contribution < -0.4 is 5.73 Å². The average molecular weight is 309 g/mol. The van der Waals surface area contributed by atoms with Crippen LogP contribution in [0.25, 0.3) is 0 Å². The van der Waals surface area contributed by atoms with E-state index < -0.39 is 0 Å². The summed E-state index contributed by atoms with van der Waals surface area (Å²) in [7, 11) is 0. The van der Waals surface area contributed by atoms with Crippen LogP contribution in [-0.4, -0.2) is 23.2 Å². The molecule has 0 aromatic carbocycles. The van der Waals surface area contributed by atoms with Crippen molar-refractivity contribution >= 4 is 0 Å². The van der Waals surface area contributed by atoms with Crippen molar-refractivity contribution < 1.29 is 5.11 Å². The molecule has 1 heterocycles. The molecule has 0 fully saturated rings. The molecule has 3 nitrogen and oxygen atoms in total. The van der Waals surface area contributed by atoms with Gasteiger partial charge in [-0.1, -0.05) is 46.1 Å². The van der Waals surface area contributed by atoms with Gasteiger partial charge in [-0.25, -0.2) is 0 Å². The fourth-order valence-corrected chi connectivity index (χ4v) is 2.29. The predicted octanol–water partition coefficient (Wildman–Crippen LogP) is 4.11. The molecule has 0 aliphatic rings. The molecule has 0 bridgehead atoms. The van der Waals surface area contributed by atoms with Crippen LogP contribution in [0.3, 0.4) is 0 Å². The maximum Gasteiger partial charge on any atom is 0.0434 e. The van der Waals surface area contributed by atoms with Gasteiger partial charge in [0.2, 0.25) is 0 Å². The summed E-state index contributed by atoms with van der Waals surface area (Å²) in [6.45, 7) is 9.98. The van der Waals surface area contributed by atoms with Crippen molar-refractivity contribution in [3.63, 3.8) is 0 Å². The van der Waals surface area contributed by atoms with Crippen LogP contribution in [0.5, 0.6) is 0 Å². The van der Waals surface area contributed by atoms with Crippen molar-refractivity contribution in [2.24, 2.45) is 17.6 Å². The summed E-state index contributed by atoms with van der Waals surface area (Å²) < 4.78 is 0. The molecule has 0 aliphatic heterocycles. The molecule has 1 aromatic rings. The van der Waals surface area contributed by atoms with E-state index in [-0.39, 0.29) is 6.61 Å². The summed E-state index contributed by atoms with van der Waals surface area (Å²) in [5.74, 6) is 1.67. The number of rotatable bonds is 9. The lowest BCUT2D eigenvalue weighted by Crippen LogP contribution is -2.13. The first kappa shape index (κ1) is 21.1. The van der Waals surface area contributed by atoms with Gasteiger partial charge in [-0.2, -0.15) is 0 Å². The number of nitrogens with zero attached hydrogens (tertiary/aromatic N) is 1. The summed E-state index contributed by atoms with van der Waals surface area (Å²) in [6, 6.07) is 4.05. The number of aryl methyl sites for hydroxylation is 2. The van der Waals surface area contributed by atoms with Gasteiger partial charge in [0.1, 0.15) is 0 Å². The largest absolute Gasteiger partial charge is 0.396 e. The zero-order valence-electron chi connectivity index (χ0n) is 15.0. The number of nitrogens with two attached hydrogens (primary N) is 1. The van der Waals surface area contributed by atoms with Crippen LogP contribution in [0.4, 0.5) is 0 Å². The molecule has 0 spiro atoms.